The summed E-state index contributed by atoms with van der Waals surface area (Å²) in [4.78, 5) is 11.4. The van der Waals surface area contributed by atoms with Crippen LogP contribution in [0.3, 0.4) is 0 Å². The van der Waals surface area contributed by atoms with Crippen molar-refractivity contribution in [2.75, 3.05) is 13.7 Å². The van der Waals surface area contributed by atoms with E-state index in [0.29, 0.717) is 18.0 Å². The van der Waals surface area contributed by atoms with Crippen molar-refractivity contribution in [3.63, 3.8) is 0 Å². The number of carbonyl (C=O) groups is 1. The Balaban J connectivity index is 2.11. The number of methoxy groups -OCH3 is 1. The summed E-state index contributed by atoms with van der Waals surface area (Å²) >= 11 is 0. The zero-order valence-electron chi connectivity index (χ0n) is 9.94. The second kappa shape index (κ2) is 5.19. The average molecular weight is 235 g/mol. The topological polar surface area (TPSA) is 61.5 Å². The Kier molecular flexibility index (Phi) is 3.64. The highest BCUT2D eigenvalue weighted by molar-refractivity contribution is 5.89. The van der Waals surface area contributed by atoms with Crippen LogP contribution in [0.4, 0.5) is 0 Å². The first kappa shape index (κ1) is 11.9. The van der Waals surface area contributed by atoms with Crippen molar-refractivity contribution in [3.8, 4) is 5.75 Å². The van der Waals surface area contributed by atoms with Crippen LogP contribution in [0.5, 0.6) is 5.75 Å². The molecule has 0 atom stereocenters. The summed E-state index contributed by atoms with van der Waals surface area (Å²) in [6.45, 7) is 1.09. The first-order chi connectivity index (χ1) is 8.24. The third-order valence-corrected chi connectivity index (χ3v) is 2.87. The number of esters is 1. The maximum atomic E-state index is 11.4. The number of ether oxygens (including phenoxy) is 2. The number of rotatable bonds is 5. The predicted molar refractivity (Wildman–Crippen MR) is 63.9 cm³/mol. The van der Waals surface area contributed by atoms with Crippen LogP contribution in [-0.4, -0.2) is 19.7 Å². The van der Waals surface area contributed by atoms with E-state index in [-0.39, 0.29) is 5.97 Å². The van der Waals surface area contributed by atoms with Gasteiger partial charge in [-0.25, -0.2) is 4.79 Å². The molecule has 1 saturated carbocycles. The molecule has 0 bridgehead atoms. The fourth-order valence-corrected chi connectivity index (χ4v) is 1.62. The molecule has 1 aromatic carbocycles. The summed E-state index contributed by atoms with van der Waals surface area (Å²) < 4.78 is 10.4. The maximum absolute atomic E-state index is 11.4. The zero-order valence-corrected chi connectivity index (χ0v) is 9.94. The second-order valence-electron chi connectivity index (χ2n) is 4.27. The minimum Gasteiger partial charge on any atom is -0.493 e. The molecule has 0 unspecified atom stereocenters. The zero-order chi connectivity index (χ0) is 12.3. The molecule has 4 nitrogen and oxygen atoms in total. The van der Waals surface area contributed by atoms with Gasteiger partial charge in [0.15, 0.2) is 0 Å². The molecule has 4 heteroatoms. The molecule has 0 aromatic heterocycles. The summed E-state index contributed by atoms with van der Waals surface area (Å²) in [5.41, 5.74) is 7.00. The van der Waals surface area contributed by atoms with Crippen LogP contribution in [0.2, 0.25) is 0 Å². The Bertz CT molecular complexity index is 413. The Hall–Kier alpha value is -1.55. The fraction of sp³-hybridized carbons (Fsp3) is 0.462. The lowest BCUT2D eigenvalue weighted by atomic mass is 10.1. The van der Waals surface area contributed by atoms with Crippen LogP contribution in [0.15, 0.2) is 18.2 Å². The third kappa shape index (κ3) is 2.97. The molecule has 0 radical (unpaired) electrons. The minimum absolute atomic E-state index is 0.352. The summed E-state index contributed by atoms with van der Waals surface area (Å²) in [5, 5.41) is 0. The number of carbonyl (C=O) groups excluding carboxylic acids is 1. The second-order valence-corrected chi connectivity index (χ2v) is 4.27. The average Bonchev–Trinajstić information content (AvgIpc) is 3.19. The highest BCUT2D eigenvalue weighted by atomic mass is 16.5. The first-order valence-corrected chi connectivity index (χ1v) is 5.78. The van der Waals surface area contributed by atoms with E-state index in [0.717, 1.165) is 17.9 Å². The Labute approximate surface area is 101 Å². The van der Waals surface area contributed by atoms with Crippen LogP contribution < -0.4 is 10.5 Å². The van der Waals surface area contributed by atoms with Crippen LogP contribution in [-0.2, 0) is 11.3 Å². The van der Waals surface area contributed by atoms with Crippen LogP contribution in [0, 0.1) is 5.92 Å². The molecule has 0 saturated heterocycles. The molecule has 0 amide bonds. The smallest absolute Gasteiger partial charge is 0.337 e. The highest BCUT2D eigenvalue weighted by Crippen LogP contribution is 2.30. The van der Waals surface area contributed by atoms with Crippen molar-refractivity contribution in [2.24, 2.45) is 11.7 Å². The lowest BCUT2D eigenvalue weighted by Crippen LogP contribution is -2.08. The van der Waals surface area contributed by atoms with Gasteiger partial charge in [0, 0.05) is 12.1 Å². The largest absolute Gasteiger partial charge is 0.493 e. The summed E-state index contributed by atoms with van der Waals surface area (Å²) in [7, 11) is 1.36. The van der Waals surface area contributed by atoms with Crippen molar-refractivity contribution >= 4 is 5.97 Å². The fourth-order valence-electron chi connectivity index (χ4n) is 1.62. The molecule has 0 spiro atoms. The lowest BCUT2D eigenvalue weighted by molar-refractivity contribution is 0.0600. The van der Waals surface area contributed by atoms with Gasteiger partial charge in [-0.1, -0.05) is 0 Å². The van der Waals surface area contributed by atoms with Gasteiger partial charge in [0.05, 0.1) is 19.3 Å². The van der Waals surface area contributed by atoms with Crippen molar-refractivity contribution in [2.45, 2.75) is 19.4 Å². The monoisotopic (exact) mass is 235 g/mol. The summed E-state index contributed by atoms with van der Waals surface area (Å²) in [6, 6.07) is 5.22. The number of nitrogens with two attached hydrogens (primary N) is 1. The molecule has 0 aliphatic heterocycles. The molecule has 1 fully saturated rings. The molecule has 0 heterocycles. The maximum Gasteiger partial charge on any atom is 0.337 e. The number of hydrogen-bond donors (Lipinski definition) is 1. The van der Waals surface area contributed by atoms with Crippen molar-refractivity contribution in [1.29, 1.82) is 0 Å². The van der Waals surface area contributed by atoms with Gasteiger partial charge in [-0.2, -0.15) is 0 Å². The van der Waals surface area contributed by atoms with E-state index < -0.39 is 0 Å². The van der Waals surface area contributed by atoms with E-state index in [1.54, 1.807) is 18.2 Å². The van der Waals surface area contributed by atoms with Crippen molar-refractivity contribution in [3.05, 3.63) is 29.3 Å². The van der Waals surface area contributed by atoms with Gasteiger partial charge in [-0.05, 0) is 37.0 Å². The predicted octanol–water partition coefficient (Wildman–Crippen LogP) is 1.72. The van der Waals surface area contributed by atoms with Crippen LogP contribution >= 0.6 is 0 Å². The molecule has 1 aromatic rings. The molecule has 2 N–H and O–H groups in total. The van der Waals surface area contributed by atoms with Gasteiger partial charge < -0.3 is 15.2 Å². The third-order valence-electron chi connectivity index (χ3n) is 2.87. The van der Waals surface area contributed by atoms with Gasteiger partial charge in [0.25, 0.3) is 0 Å². The summed E-state index contributed by atoms with van der Waals surface area (Å²) in [5.74, 6) is 1.11. The van der Waals surface area contributed by atoms with Gasteiger partial charge >= 0.3 is 5.97 Å². The SMILES string of the molecule is COC(=O)c1ccc(OCC2CC2)c(CN)c1. The first-order valence-electron chi connectivity index (χ1n) is 5.78. The van der Waals surface area contributed by atoms with Gasteiger partial charge in [-0.15, -0.1) is 0 Å². The van der Waals surface area contributed by atoms with Gasteiger partial charge in [0.1, 0.15) is 5.75 Å². The highest BCUT2D eigenvalue weighted by Gasteiger charge is 2.22. The van der Waals surface area contributed by atoms with Gasteiger partial charge in [0.2, 0.25) is 0 Å². The van der Waals surface area contributed by atoms with E-state index in [4.69, 9.17) is 10.5 Å². The molecule has 2 rings (SSSR count). The van der Waals surface area contributed by atoms with Crippen molar-refractivity contribution in [1.82, 2.24) is 0 Å². The van der Waals surface area contributed by atoms with E-state index in [2.05, 4.69) is 4.74 Å². The van der Waals surface area contributed by atoms with E-state index in [9.17, 15) is 4.79 Å². The van der Waals surface area contributed by atoms with Crippen molar-refractivity contribution < 1.29 is 14.3 Å². The molecule has 17 heavy (non-hydrogen) atoms. The Morgan fingerprint density at radius 1 is 1.47 bits per heavy atom. The van der Waals surface area contributed by atoms with Gasteiger partial charge in [-0.3, -0.25) is 0 Å². The standard InChI is InChI=1S/C13H17NO3/c1-16-13(15)10-4-5-12(11(6-10)7-14)17-8-9-2-3-9/h4-6,9H,2-3,7-8,14H2,1H3. The Morgan fingerprint density at radius 2 is 2.24 bits per heavy atom. The normalized spacial score (nSPS) is 14.5. The quantitative estimate of drug-likeness (QED) is 0.789. The number of hydrogen-bond acceptors (Lipinski definition) is 4. The minimum atomic E-state index is -0.353. The molecular formula is C13H17NO3. The summed E-state index contributed by atoms with van der Waals surface area (Å²) in [6.07, 6.45) is 2.50. The number of benzene rings is 1. The van der Waals surface area contributed by atoms with E-state index in [1.807, 2.05) is 0 Å². The van der Waals surface area contributed by atoms with E-state index in [1.165, 1.54) is 20.0 Å². The molecule has 1 aliphatic rings. The van der Waals surface area contributed by atoms with Crippen LogP contribution in [0.25, 0.3) is 0 Å². The molecular weight excluding hydrogens is 218 g/mol. The molecule has 1 aliphatic carbocycles. The van der Waals surface area contributed by atoms with Crippen LogP contribution in [0.1, 0.15) is 28.8 Å². The lowest BCUT2D eigenvalue weighted by Gasteiger charge is -2.11. The van der Waals surface area contributed by atoms with E-state index >= 15 is 0 Å². The molecule has 92 valence electrons. The Morgan fingerprint density at radius 3 is 2.82 bits per heavy atom.